The van der Waals surface area contributed by atoms with Crippen molar-refractivity contribution in [1.82, 2.24) is 15.5 Å². The number of rotatable bonds is 9. The number of hydrogen-bond donors (Lipinski definition) is 2. The van der Waals surface area contributed by atoms with E-state index in [2.05, 4.69) is 10.6 Å². The fraction of sp³-hybridized carbons (Fsp3) is 0.500. The molecule has 0 aliphatic rings. The third-order valence-electron chi connectivity index (χ3n) is 3.06. The van der Waals surface area contributed by atoms with Crippen molar-refractivity contribution in [3.8, 4) is 5.75 Å². The monoisotopic (exact) mass is 325 g/mol. The van der Waals surface area contributed by atoms with Gasteiger partial charge in [0.1, 0.15) is 18.2 Å². The van der Waals surface area contributed by atoms with Crippen molar-refractivity contribution in [3.63, 3.8) is 0 Å². The van der Waals surface area contributed by atoms with Gasteiger partial charge in [-0.15, -0.1) is 0 Å². The van der Waals surface area contributed by atoms with Gasteiger partial charge in [-0.25, -0.2) is 9.18 Å². The highest BCUT2D eigenvalue weighted by Gasteiger charge is 2.08. The first kappa shape index (κ1) is 18.7. The van der Waals surface area contributed by atoms with E-state index >= 15 is 0 Å². The molecule has 0 aromatic heterocycles. The Labute approximate surface area is 136 Å². The Balaban J connectivity index is 2.16. The predicted octanol–water partition coefficient (Wildman–Crippen LogP) is 1.76. The van der Waals surface area contributed by atoms with Crippen LogP contribution in [-0.2, 0) is 4.79 Å². The number of nitrogens with zero attached hydrogens (tertiary/aromatic N) is 1. The smallest absolute Gasteiger partial charge is 0.317 e. The molecule has 0 radical (unpaired) electrons. The van der Waals surface area contributed by atoms with Gasteiger partial charge in [-0.3, -0.25) is 4.79 Å². The SMILES string of the molecule is CCCNC(=O)CCNC(=O)N(C)CCOc1ccc(F)cc1. The second-order valence-electron chi connectivity index (χ2n) is 5.06. The molecule has 2 N–H and O–H groups in total. The quantitative estimate of drug-likeness (QED) is 0.727. The summed E-state index contributed by atoms with van der Waals surface area (Å²) in [5.41, 5.74) is 0. The number of amides is 3. The summed E-state index contributed by atoms with van der Waals surface area (Å²) >= 11 is 0. The number of nitrogens with one attached hydrogen (secondary N) is 2. The molecule has 0 bridgehead atoms. The molecular weight excluding hydrogens is 301 g/mol. The average Bonchev–Trinajstić information content (AvgIpc) is 2.54. The van der Waals surface area contributed by atoms with Gasteiger partial charge in [-0.1, -0.05) is 6.92 Å². The van der Waals surface area contributed by atoms with Crippen LogP contribution in [0.2, 0.25) is 0 Å². The first-order chi connectivity index (χ1) is 11.0. The van der Waals surface area contributed by atoms with Gasteiger partial charge in [-0.05, 0) is 30.7 Å². The number of hydrogen-bond acceptors (Lipinski definition) is 3. The van der Waals surface area contributed by atoms with E-state index in [0.29, 0.717) is 25.4 Å². The summed E-state index contributed by atoms with van der Waals surface area (Å²) in [7, 11) is 1.64. The van der Waals surface area contributed by atoms with E-state index < -0.39 is 0 Å². The van der Waals surface area contributed by atoms with Crippen molar-refractivity contribution < 1.29 is 18.7 Å². The third kappa shape index (κ3) is 8.04. The summed E-state index contributed by atoms with van der Waals surface area (Å²) in [6.07, 6.45) is 1.14. The van der Waals surface area contributed by atoms with E-state index in [1.165, 1.54) is 29.2 Å². The maximum Gasteiger partial charge on any atom is 0.317 e. The molecular formula is C16H24FN3O3. The Morgan fingerprint density at radius 3 is 2.52 bits per heavy atom. The molecule has 0 heterocycles. The van der Waals surface area contributed by atoms with Gasteiger partial charge >= 0.3 is 6.03 Å². The second-order valence-corrected chi connectivity index (χ2v) is 5.06. The number of urea groups is 1. The molecule has 0 aliphatic carbocycles. The first-order valence-corrected chi connectivity index (χ1v) is 7.67. The van der Waals surface area contributed by atoms with Crippen molar-refractivity contribution in [2.75, 3.05) is 33.3 Å². The lowest BCUT2D eigenvalue weighted by atomic mass is 10.3. The maximum absolute atomic E-state index is 12.7. The van der Waals surface area contributed by atoms with Crippen molar-refractivity contribution in [2.45, 2.75) is 19.8 Å². The van der Waals surface area contributed by atoms with Crippen molar-refractivity contribution in [2.24, 2.45) is 0 Å². The van der Waals surface area contributed by atoms with Crippen LogP contribution in [0, 0.1) is 5.82 Å². The molecule has 0 saturated heterocycles. The van der Waals surface area contributed by atoms with Gasteiger partial charge in [0.2, 0.25) is 5.91 Å². The van der Waals surface area contributed by atoms with Gasteiger partial charge < -0.3 is 20.3 Å². The third-order valence-corrected chi connectivity index (χ3v) is 3.06. The molecule has 7 heteroatoms. The topological polar surface area (TPSA) is 70.7 Å². The molecule has 23 heavy (non-hydrogen) atoms. The maximum atomic E-state index is 12.7. The number of likely N-dealkylation sites (N-methyl/N-ethyl adjacent to an activating group) is 1. The number of carbonyl (C=O) groups is 2. The van der Waals surface area contributed by atoms with Crippen LogP contribution in [0.15, 0.2) is 24.3 Å². The summed E-state index contributed by atoms with van der Waals surface area (Å²) in [4.78, 5) is 24.7. The first-order valence-electron chi connectivity index (χ1n) is 7.67. The van der Waals surface area contributed by atoms with Crippen LogP contribution in [0.3, 0.4) is 0 Å². The minimum atomic E-state index is -0.322. The Morgan fingerprint density at radius 2 is 1.87 bits per heavy atom. The lowest BCUT2D eigenvalue weighted by molar-refractivity contribution is -0.120. The van der Waals surface area contributed by atoms with E-state index in [1.807, 2.05) is 6.92 Å². The van der Waals surface area contributed by atoms with Gasteiger partial charge in [0.05, 0.1) is 6.54 Å². The van der Waals surface area contributed by atoms with Crippen LogP contribution >= 0.6 is 0 Å². The Hall–Kier alpha value is -2.31. The van der Waals surface area contributed by atoms with Gasteiger partial charge in [0, 0.05) is 26.6 Å². The van der Waals surface area contributed by atoms with E-state index in [1.54, 1.807) is 7.05 Å². The predicted molar refractivity (Wildman–Crippen MR) is 85.8 cm³/mol. The molecule has 0 spiro atoms. The number of carbonyl (C=O) groups excluding carboxylic acids is 2. The minimum Gasteiger partial charge on any atom is -0.492 e. The van der Waals surface area contributed by atoms with Crippen molar-refractivity contribution in [1.29, 1.82) is 0 Å². The molecule has 0 aliphatic heterocycles. The molecule has 0 unspecified atom stereocenters. The highest BCUT2D eigenvalue weighted by atomic mass is 19.1. The van der Waals surface area contributed by atoms with Crippen LogP contribution in [-0.4, -0.2) is 50.1 Å². The zero-order chi connectivity index (χ0) is 17.1. The summed E-state index contributed by atoms with van der Waals surface area (Å²) in [5.74, 6) is 0.152. The Kier molecular flexibility index (Phi) is 8.49. The largest absolute Gasteiger partial charge is 0.492 e. The second kappa shape index (κ2) is 10.4. The molecule has 6 nitrogen and oxygen atoms in total. The number of benzene rings is 1. The molecule has 3 amide bonds. The van der Waals surface area contributed by atoms with Gasteiger partial charge in [-0.2, -0.15) is 0 Å². The normalized spacial score (nSPS) is 10.0. The average molecular weight is 325 g/mol. The molecule has 1 aromatic carbocycles. The zero-order valence-corrected chi connectivity index (χ0v) is 13.6. The van der Waals surface area contributed by atoms with E-state index in [-0.39, 0.29) is 30.7 Å². The molecule has 0 atom stereocenters. The van der Waals surface area contributed by atoms with Crippen LogP contribution < -0.4 is 15.4 Å². The van der Waals surface area contributed by atoms with E-state index in [4.69, 9.17) is 4.74 Å². The van der Waals surface area contributed by atoms with Crippen LogP contribution in [0.5, 0.6) is 5.75 Å². The van der Waals surface area contributed by atoms with Gasteiger partial charge in [0.15, 0.2) is 0 Å². The molecule has 128 valence electrons. The Bertz CT molecular complexity index is 494. The van der Waals surface area contributed by atoms with Crippen LogP contribution in [0.4, 0.5) is 9.18 Å². The summed E-state index contributed by atoms with van der Waals surface area (Å²) in [6, 6.07) is 5.43. The molecule has 0 saturated carbocycles. The zero-order valence-electron chi connectivity index (χ0n) is 13.6. The van der Waals surface area contributed by atoms with Crippen molar-refractivity contribution >= 4 is 11.9 Å². The molecule has 0 fully saturated rings. The minimum absolute atomic E-state index is 0.0746. The molecule has 1 rings (SSSR count). The standard InChI is InChI=1S/C16H24FN3O3/c1-3-9-18-15(21)8-10-19-16(22)20(2)11-12-23-14-6-4-13(17)5-7-14/h4-7H,3,8-12H2,1-2H3,(H,18,21)(H,19,22). The highest BCUT2D eigenvalue weighted by molar-refractivity contribution is 5.78. The Morgan fingerprint density at radius 1 is 1.17 bits per heavy atom. The van der Waals surface area contributed by atoms with Crippen LogP contribution in [0.1, 0.15) is 19.8 Å². The van der Waals surface area contributed by atoms with E-state index in [9.17, 15) is 14.0 Å². The summed E-state index contributed by atoms with van der Waals surface area (Å²) < 4.78 is 18.2. The van der Waals surface area contributed by atoms with Gasteiger partial charge in [0.25, 0.3) is 0 Å². The number of halogens is 1. The van der Waals surface area contributed by atoms with Crippen molar-refractivity contribution in [3.05, 3.63) is 30.1 Å². The van der Waals surface area contributed by atoms with Crippen LogP contribution in [0.25, 0.3) is 0 Å². The fourth-order valence-corrected chi connectivity index (χ4v) is 1.70. The van der Waals surface area contributed by atoms with E-state index in [0.717, 1.165) is 6.42 Å². The lowest BCUT2D eigenvalue weighted by Gasteiger charge is -2.18. The number of ether oxygens (including phenoxy) is 1. The molecule has 1 aromatic rings. The summed E-state index contributed by atoms with van der Waals surface area (Å²) in [5, 5.41) is 5.41. The lowest BCUT2D eigenvalue weighted by Crippen LogP contribution is -2.40. The fourth-order valence-electron chi connectivity index (χ4n) is 1.70. The summed E-state index contributed by atoms with van der Waals surface area (Å²) in [6.45, 7) is 3.59. The highest BCUT2D eigenvalue weighted by Crippen LogP contribution is 2.10.